The fourth-order valence-electron chi connectivity index (χ4n) is 2.92. The maximum Gasteiger partial charge on any atom is 0.280 e. The van der Waals surface area contributed by atoms with E-state index in [4.69, 9.17) is 23.2 Å². The third kappa shape index (κ3) is 5.75. The van der Waals surface area contributed by atoms with Crippen LogP contribution in [-0.4, -0.2) is 57.6 Å². The second-order valence-electron chi connectivity index (χ2n) is 7.58. The molecule has 0 aliphatic rings. The van der Waals surface area contributed by atoms with Crippen LogP contribution in [-0.2, 0) is 5.60 Å². The summed E-state index contributed by atoms with van der Waals surface area (Å²) in [5, 5.41) is 22.7. The summed E-state index contributed by atoms with van der Waals surface area (Å²) in [5.41, 5.74) is -0.218. The summed E-state index contributed by atoms with van der Waals surface area (Å²) in [6.45, 7) is 9.45. The number of aliphatic hydroxyl groups excluding tert-OH is 1. The molecule has 31 heavy (non-hydrogen) atoms. The van der Waals surface area contributed by atoms with E-state index in [2.05, 4.69) is 10.3 Å². The van der Waals surface area contributed by atoms with E-state index in [1.165, 1.54) is 0 Å². The van der Waals surface area contributed by atoms with Crippen molar-refractivity contribution < 1.29 is 19.8 Å². The van der Waals surface area contributed by atoms with Crippen molar-refractivity contribution in [2.75, 3.05) is 19.6 Å². The van der Waals surface area contributed by atoms with E-state index in [-0.39, 0.29) is 33.2 Å². The minimum atomic E-state index is -1.21. The van der Waals surface area contributed by atoms with Gasteiger partial charge in [-0.05, 0) is 34.6 Å². The van der Waals surface area contributed by atoms with Gasteiger partial charge in [0.1, 0.15) is 5.69 Å². The van der Waals surface area contributed by atoms with Crippen LogP contribution in [0.25, 0.3) is 10.4 Å². The molecule has 1 aromatic heterocycles. The van der Waals surface area contributed by atoms with E-state index in [0.717, 1.165) is 11.3 Å². The van der Waals surface area contributed by atoms with Crippen LogP contribution in [0, 0.1) is 0 Å². The molecule has 1 aromatic carbocycles. The summed E-state index contributed by atoms with van der Waals surface area (Å²) in [6.07, 6.45) is -0.720. The molecular weight excluding hydrogens is 461 g/mol. The number of carbonyl (C=O) groups is 2. The van der Waals surface area contributed by atoms with Gasteiger partial charge in [0.15, 0.2) is 5.01 Å². The highest BCUT2D eigenvalue weighted by Crippen LogP contribution is 2.42. The molecule has 2 rings (SSSR count). The van der Waals surface area contributed by atoms with E-state index in [1.54, 1.807) is 37.8 Å². The van der Waals surface area contributed by atoms with Crippen LogP contribution >= 0.6 is 34.5 Å². The lowest BCUT2D eigenvalue weighted by Gasteiger charge is -2.21. The lowest BCUT2D eigenvalue weighted by molar-refractivity contribution is 0.0765. The second kappa shape index (κ2) is 10.3. The number of hydrogen-bond acceptors (Lipinski definition) is 6. The molecule has 7 nitrogen and oxygen atoms in total. The van der Waals surface area contributed by atoms with Crippen molar-refractivity contribution in [1.82, 2.24) is 15.2 Å². The number of benzene rings is 1. The van der Waals surface area contributed by atoms with Gasteiger partial charge in [-0.15, -0.1) is 11.3 Å². The van der Waals surface area contributed by atoms with E-state index in [0.29, 0.717) is 29.1 Å². The van der Waals surface area contributed by atoms with Gasteiger partial charge >= 0.3 is 0 Å². The summed E-state index contributed by atoms with van der Waals surface area (Å²) in [6, 6.07) is 3.30. The number of carbonyl (C=O) groups excluding carboxylic acids is 2. The molecular formula is C21H27Cl2N3O4S. The highest BCUT2D eigenvalue weighted by Gasteiger charge is 2.29. The number of nitrogens with zero attached hydrogens (tertiary/aromatic N) is 2. The zero-order chi connectivity index (χ0) is 23.5. The Balaban J connectivity index is 2.63. The number of rotatable bonds is 8. The van der Waals surface area contributed by atoms with E-state index in [9.17, 15) is 19.8 Å². The fraction of sp³-hybridized carbons (Fsp3) is 0.476. The normalized spacial score (nSPS) is 12.5. The summed E-state index contributed by atoms with van der Waals surface area (Å²) < 4.78 is 0. The smallest absolute Gasteiger partial charge is 0.280 e. The van der Waals surface area contributed by atoms with Crippen molar-refractivity contribution in [3.8, 4) is 10.4 Å². The van der Waals surface area contributed by atoms with E-state index < -0.39 is 17.6 Å². The summed E-state index contributed by atoms with van der Waals surface area (Å²) in [5.74, 6) is -0.828. The average Bonchev–Trinajstić information content (AvgIpc) is 3.13. The quantitative estimate of drug-likeness (QED) is 0.523. The fourth-order valence-corrected chi connectivity index (χ4v) is 4.63. The Morgan fingerprint density at radius 1 is 1.23 bits per heavy atom. The number of thiazole rings is 1. The van der Waals surface area contributed by atoms with Crippen LogP contribution in [0.3, 0.4) is 0 Å². The van der Waals surface area contributed by atoms with Gasteiger partial charge in [0, 0.05) is 30.8 Å². The molecule has 0 spiro atoms. The van der Waals surface area contributed by atoms with Gasteiger partial charge < -0.3 is 20.4 Å². The van der Waals surface area contributed by atoms with Gasteiger partial charge in [-0.2, -0.15) is 0 Å². The monoisotopic (exact) mass is 487 g/mol. The number of nitrogens with one attached hydrogen (secondary N) is 1. The van der Waals surface area contributed by atoms with Crippen LogP contribution in [0.4, 0.5) is 0 Å². The zero-order valence-corrected chi connectivity index (χ0v) is 20.5. The van der Waals surface area contributed by atoms with Crippen molar-refractivity contribution in [3.05, 3.63) is 38.4 Å². The molecule has 1 atom stereocenters. The van der Waals surface area contributed by atoms with Crippen LogP contribution in [0.15, 0.2) is 12.1 Å². The lowest BCUT2D eigenvalue weighted by atomic mass is 9.96. The summed E-state index contributed by atoms with van der Waals surface area (Å²) in [4.78, 5) is 31.9. The van der Waals surface area contributed by atoms with Crippen LogP contribution < -0.4 is 5.32 Å². The minimum absolute atomic E-state index is 0.0555. The molecule has 0 fully saturated rings. The van der Waals surface area contributed by atoms with Crippen LogP contribution in [0.1, 0.15) is 60.5 Å². The maximum absolute atomic E-state index is 13.1. The molecule has 0 aliphatic carbocycles. The average molecular weight is 488 g/mol. The molecule has 0 radical (unpaired) electrons. The molecule has 0 saturated carbocycles. The van der Waals surface area contributed by atoms with Crippen molar-refractivity contribution in [3.63, 3.8) is 0 Å². The molecule has 10 heteroatoms. The predicted octanol–water partition coefficient (Wildman–Crippen LogP) is 3.94. The number of aromatic nitrogens is 1. The molecule has 170 valence electrons. The highest BCUT2D eigenvalue weighted by atomic mass is 35.5. The van der Waals surface area contributed by atoms with Crippen molar-refractivity contribution >= 4 is 46.4 Å². The molecule has 0 unspecified atom stereocenters. The largest absolute Gasteiger partial charge is 0.392 e. The third-order valence-corrected chi connectivity index (χ3v) is 6.59. The molecule has 2 aromatic rings. The third-order valence-electron chi connectivity index (χ3n) is 4.62. The number of halogens is 2. The van der Waals surface area contributed by atoms with Crippen LogP contribution in [0.5, 0.6) is 0 Å². The second-order valence-corrected chi connectivity index (χ2v) is 9.34. The minimum Gasteiger partial charge on any atom is -0.392 e. The molecule has 2 amide bonds. The van der Waals surface area contributed by atoms with Crippen molar-refractivity contribution in [2.45, 2.75) is 46.3 Å². The highest BCUT2D eigenvalue weighted by molar-refractivity contribution is 7.17. The molecule has 0 aliphatic heterocycles. The zero-order valence-electron chi connectivity index (χ0n) is 18.1. The maximum atomic E-state index is 13.1. The van der Waals surface area contributed by atoms with Gasteiger partial charge in [0.2, 0.25) is 0 Å². The summed E-state index contributed by atoms with van der Waals surface area (Å²) in [7, 11) is 0. The topological polar surface area (TPSA) is 103 Å². The SMILES string of the molecule is CCN(CC)C(=O)c1nc(C(=O)NC[C@@H](C)O)sc1-c1ccc(C(C)(C)O)c(Cl)c1Cl. The Morgan fingerprint density at radius 3 is 2.35 bits per heavy atom. The van der Waals surface area contributed by atoms with Gasteiger partial charge in [-0.3, -0.25) is 9.59 Å². The molecule has 0 saturated heterocycles. The number of hydrogen-bond donors (Lipinski definition) is 3. The first-order valence-electron chi connectivity index (χ1n) is 9.89. The van der Waals surface area contributed by atoms with Crippen molar-refractivity contribution in [2.24, 2.45) is 0 Å². The number of amides is 2. The lowest BCUT2D eigenvalue weighted by Crippen LogP contribution is -2.32. The Morgan fingerprint density at radius 2 is 1.84 bits per heavy atom. The van der Waals surface area contributed by atoms with E-state index in [1.807, 2.05) is 13.8 Å². The standard InChI is InChI=1S/C21H27Cl2N3O4S/c1-6-26(7-2)20(29)16-17(31-19(25-16)18(28)24-10-11(3)27)12-8-9-13(21(4,5)30)15(23)14(12)22/h8-9,11,27,30H,6-7,10H2,1-5H3,(H,24,28)/t11-/m1/s1. The first kappa shape index (κ1) is 25.5. The summed E-state index contributed by atoms with van der Waals surface area (Å²) >= 11 is 14.0. The number of aliphatic hydroxyl groups is 2. The predicted molar refractivity (Wildman–Crippen MR) is 124 cm³/mol. The Labute approximate surface area is 196 Å². The Hall–Kier alpha value is -1.71. The first-order valence-corrected chi connectivity index (χ1v) is 11.5. The van der Waals surface area contributed by atoms with Gasteiger partial charge in [0.05, 0.1) is 26.6 Å². The molecule has 0 bridgehead atoms. The van der Waals surface area contributed by atoms with E-state index >= 15 is 0 Å². The van der Waals surface area contributed by atoms with Gasteiger partial charge in [-0.1, -0.05) is 35.3 Å². The molecule has 1 heterocycles. The van der Waals surface area contributed by atoms with Gasteiger partial charge in [-0.25, -0.2) is 4.98 Å². The van der Waals surface area contributed by atoms with Gasteiger partial charge in [0.25, 0.3) is 11.8 Å². The first-order chi connectivity index (χ1) is 14.4. The molecule has 3 N–H and O–H groups in total. The Bertz CT molecular complexity index is 966. The van der Waals surface area contributed by atoms with Crippen LogP contribution in [0.2, 0.25) is 10.0 Å². The van der Waals surface area contributed by atoms with Crippen molar-refractivity contribution in [1.29, 1.82) is 0 Å². The Kier molecular flexibility index (Phi) is 8.47.